The summed E-state index contributed by atoms with van der Waals surface area (Å²) >= 11 is 0. The first-order chi connectivity index (χ1) is 13.7. The van der Waals surface area contributed by atoms with Crippen molar-refractivity contribution < 1.29 is 5.11 Å². The summed E-state index contributed by atoms with van der Waals surface area (Å²) < 4.78 is 0. The van der Waals surface area contributed by atoms with E-state index in [4.69, 9.17) is 0 Å². The number of hydrogen-bond acceptors (Lipinski definition) is 2. The highest BCUT2D eigenvalue weighted by atomic mass is 16.3. The third-order valence-electron chi connectivity index (χ3n) is 6.35. The molecule has 4 rings (SSSR count). The monoisotopic (exact) mass is 373 g/mol. The van der Waals surface area contributed by atoms with Gasteiger partial charge in [0.1, 0.15) is 5.75 Å². The van der Waals surface area contributed by atoms with Crippen LogP contribution in [0.2, 0.25) is 0 Å². The first-order valence-corrected chi connectivity index (χ1v) is 10.7. The van der Waals surface area contributed by atoms with Gasteiger partial charge in [-0.25, -0.2) is 0 Å². The normalized spacial score (nSPS) is 21.6. The average Bonchev–Trinajstić information content (AvgIpc) is 2.72. The Kier molecular flexibility index (Phi) is 5.68. The molecule has 0 amide bonds. The Hall–Kier alpha value is -2.32. The van der Waals surface area contributed by atoms with Crippen LogP contribution in [0.4, 0.5) is 0 Å². The first kappa shape index (κ1) is 19.0. The van der Waals surface area contributed by atoms with Crippen molar-refractivity contribution >= 4 is 10.8 Å². The van der Waals surface area contributed by atoms with E-state index in [1.54, 1.807) is 0 Å². The molecule has 146 valence electrons. The summed E-state index contributed by atoms with van der Waals surface area (Å²) in [4.78, 5) is 2.70. The number of rotatable bonds is 5. The molecule has 2 nitrogen and oxygen atoms in total. The summed E-state index contributed by atoms with van der Waals surface area (Å²) in [6, 6.07) is 24.2. The van der Waals surface area contributed by atoms with E-state index in [9.17, 15) is 5.11 Å². The molecule has 3 aromatic carbocycles. The highest BCUT2D eigenvalue weighted by molar-refractivity contribution is 5.88. The molecule has 1 aliphatic rings. The largest absolute Gasteiger partial charge is 0.508 e. The van der Waals surface area contributed by atoms with Gasteiger partial charge in [0.15, 0.2) is 0 Å². The molecule has 1 saturated heterocycles. The molecule has 0 saturated carbocycles. The summed E-state index contributed by atoms with van der Waals surface area (Å²) in [5.41, 5.74) is 2.32. The molecule has 0 aliphatic carbocycles. The van der Waals surface area contributed by atoms with Gasteiger partial charge in [-0.1, -0.05) is 80.4 Å². The van der Waals surface area contributed by atoms with E-state index in [-0.39, 0.29) is 6.04 Å². The average molecular weight is 374 g/mol. The lowest BCUT2D eigenvalue weighted by Crippen LogP contribution is -2.47. The van der Waals surface area contributed by atoms with Crippen molar-refractivity contribution in [3.8, 4) is 5.75 Å². The fraction of sp³-hybridized carbons (Fsp3) is 0.385. The topological polar surface area (TPSA) is 23.5 Å². The molecule has 0 aromatic heterocycles. The summed E-state index contributed by atoms with van der Waals surface area (Å²) in [5.74, 6) is 0.403. The van der Waals surface area contributed by atoms with Crippen LogP contribution in [-0.2, 0) is 0 Å². The van der Waals surface area contributed by atoms with Gasteiger partial charge in [0.05, 0.1) is 6.04 Å². The van der Waals surface area contributed by atoms with Crippen LogP contribution in [0.5, 0.6) is 5.75 Å². The smallest absolute Gasteiger partial charge is 0.121 e. The van der Waals surface area contributed by atoms with Gasteiger partial charge in [0, 0.05) is 17.6 Å². The lowest BCUT2D eigenvalue weighted by Gasteiger charge is -2.46. The van der Waals surface area contributed by atoms with Crippen molar-refractivity contribution in [3.63, 3.8) is 0 Å². The van der Waals surface area contributed by atoms with Crippen molar-refractivity contribution in [2.75, 3.05) is 0 Å². The molecular weight excluding hydrogens is 342 g/mol. The molecule has 2 heteroatoms. The van der Waals surface area contributed by atoms with E-state index in [2.05, 4.69) is 73.3 Å². The van der Waals surface area contributed by atoms with Gasteiger partial charge < -0.3 is 5.11 Å². The van der Waals surface area contributed by atoms with Gasteiger partial charge in [-0.15, -0.1) is 0 Å². The Balaban J connectivity index is 1.94. The Morgan fingerprint density at radius 1 is 0.964 bits per heavy atom. The summed E-state index contributed by atoms with van der Waals surface area (Å²) in [5, 5.41) is 13.4. The maximum absolute atomic E-state index is 11.0. The van der Waals surface area contributed by atoms with Crippen LogP contribution < -0.4 is 0 Å². The minimum Gasteiger partial charge on any atom is -0.508 e. The van der Waals surface area contributed by atoms with E-state index in [1.807, 2.05) is 12.1 Å². The molecule has 1 heterocycles. The molecule has 1 aliphatic heterocycles. The predicted molar refractivity (Wildman–Crippen MR) is 118 cm³/mol. The number of nitrogens with zero attached hydrogens (tertiary/aromatic N) is 1. The number of fused-ring (bicyclic) bond motifs is 1. The van der Waals surface area contributed by atoms with E-state index < -0.39 is 0 Å². The summed E-state index contributed by atoms with van der Waals surface area (Å²) in [6.07, 6.45) is 6.16. The Bertz CT molecular complexity index is 918. The van der Waals surface area contributed by atoms with Crippen molar-refractivity contribution in [1.82, 2.24) is 4.90 Å². The summed E-state index contributed by atoms with van der Waals surface area (Å²) in [6.45, 7) is 4.64. The van der Waals surface area contributed by atoms with Gasteiger partial charge in [-0.2, -0.15) is 0 Å². The number of piperidine rings is 1. The zero-order valence-corrected chi connectivity index (χ0v) is 17.0. The number of hydrogen-bond donors (Lipinski definition) is 1. The van der Waals surface area contributed by atoms with Crippen LogP contribution in [0.15, 0.2) is 66.7 Å². The standard InChI is InChI=1S/C26H31NO/c1-3-10-22-15-9-11-19(2)27(22)26(21-13-5-4-6-14-21)25-23-16-8-7-12-20(23)17-18-24(25)28/h4-8,12-14,16-19,22,26,28H,3,9-11,15H2,1-2H3/t19?,22?,26-/m0/s1. The number of benzene rings is 3. The molecule has 28 heavy (non-hydrogen) atoms. The summed E-state index contributed by atoms with van der Waals surface area (Å²) in [7, 11) is 0. The first-order valence-electron chi connectivity index (χ1n) is 10.7. The molecule has 1 fully saturated rings. The fourth-order valence-corrected chi connectivity index (χ4v) is 5.09. The van der Waals surface area contributed by atoms with Gasteiger partial charge >= 0.3 is 0 Å². The Morgan fingerprint density at radius 2 is 1.71 bits per heavy atom. The second-order valence-corrected chi connectivity index (χ2v) is 8.20. The van der Waals surface area contributed by atoms with Gasteiger partial charge in [-0.05, 0) is 48.6 Å². The highest BCUT2D eigenvalue weighted by Crippen LogP contribution is 2.44. The van der Waals surface area contributed by atoms with Crippen LogP contribution in [-0.4, -0.2) is 22.1 Å². The van der Waals surface area contributed by atoms with Crippen LogP contribution in [0.3, 0.4) is 0 Å². The van der Waals surface area contributed by atoms with Gasteiger partial charge in [-0.3, -0.25) is 4.90 Å². The molecule has 0 radical (unpaired) electrons. The fourth-order valence-electron chi connectivity index (χ4n) is 5.09. The quantitative estimate of drug-likeness (QED) is 0.539. The van der Waals surface area contributed by atoms with Crippen molar-refractivity contribution in [2.24, 2.45) is 0 Å². The van der Waals surface area contributed by atoms with E-state index in [0.717, 1.165) is 10.9 Å². The zero-order valence-electron chi connectivity index (χ0n) is 17.0. The molecule has 3 atom stereocenters. The van der Waals surface area contributed by atoms with Crippen LogP contribution in [0.25, 0.3) is 10.8 Å². The van der Waals surface area contributed by atoms with Crippen LogP contribution in [0.1, 0.15) is 63.1 Å². The van der Waals surface area contributed by atoms with Crippen molar-refractivity contribution in [1.29, 1.82) is 0 Å². The number of aromatic hydroxyl groups is 1. The van der Waals surface area contributed by atoms with Crippen molar-refractivity contribution in [3.05, 3.63) is 77.9 Å². The lowest BCUT2D eigenvalue weighted by molar-refractivity contribution is 0.0557. The van der Waals surface area contributed by atoms with E-state index >= 15 is 0 Å². The molecule has 2 unspecified atom stereocenters. The van der Waals surface area contributed by atoms with Gasteiger partial charge in [0.25, 0.3) is 0 Å². The molecule has 0 bridgehead atoms. The third kappa shape index (κ3) is 3.54. The molecule has 0 spiro atoms. The zero-order chi connectivity index (χ0) is 19.5. The highest BCUT2D eigenvalue weighted by Gasteiger charge is 2.36. The van der Waals surface area contributed by atoms with E-state index in [1.165, 1.54) is 43.1 Å². The van der Waals surface area contributed by atoms with Crippen molar-refractivity contribution in [2.45, 2.75) is 64.1 Å². The molecule has 3 aromatic rings. The number of phenols is 1. The minimum absolute atomic E-state index is 0.0687. The Morgan fingerprint density at radius 3 is 2.50 bits per heavy atom. The van der Waals surface area contributed by atoms with Crippen LogP contribution in [0, 0.1) is 0 Å². The minimum atomic E-state index is 0.0687. The van der Waals surface area contributed by atoms with Gasteiger partial charge in [0.2, 0.25) is 0 Å². The molecular formula is C26H31NO. The molecule has 1 N–H and O–H groups in total. The second kappa shape index (κ2) is 8.36. The number of phenolic OH excluding ortho intramolecular Hbond substituents is 1. The lowest BCUT2D eigenvalue weighted by atomic mass is 9.85. The second-order valence-electron chi connectivity index (χ2n) is 8.20. The Labute approximate surface area is 168 Å². The van der Waals surface area contributed by atoms with Crippen LogP contribution >= 0.6 is 0 Å². The third-order valence-corrected chi connectivity index (χ3v) is 6.35. The maximum Gasteiger partial charge on any atom is 0.121 e. The SMILES string of the molecule is CCCC1CCCC(C)N1[C@@H](c1ccccc1)c1c(O)ccc2ccccc12. The van der Waals surface area contributed by atoms with E-state index in [0.29, 0.717) is 17.8 Å². The number of likely N-dealkylation sites (tertiary alicyclic amines) is 1. The maximum atomic E-state index is 11.0. The predicted octanol–water partition coefficient (Wildman–Crippen LogP) is 6.68.